The molecule has 158 valence electrons. The van der Waals surface area contributed by atoms with Crippen LogP contribution in [0.15, 0.2) is 0 Å². The van der Waals surface area contributed by atoms with Gasteiger partial charge >= 0.3 is 17.7 Å². The normalized spacial score (nSPS) is 16.0. The van der Waals surface area contributed by atoms with E-state index in [0.717, 1.165) is 77.0 Å². The van der Waals surface area contributed by atoms with Gasteiger partial charge in [0.15, 0.2) is 0 Å². The summed E-state index contributed by atoms with van der Waals surface area (Å²) in [7, 11) is 0. The summed E-state index contributed by atoms with van der Waals surface area (Å²) in [6.07, 6.45) is 13.5. The molecule has 1 fully saturated rings. The van der Waals surface area contributed by atoms with Crippen LogP contribution in [0.25, 0.3) is 0 Å². The second-order valence-corrected chi connectivity index (χ2v) is 7.55. The number of carbonyl (C=O) groups is 2. The molecule has 0 aromatic heterocycles. The van der Waals surface area contributed by atoms with E-state index < -0.39 is 17.7 Å². The maximum Gasteiger partial charge on any atom is 0.420 e. The zero-order chi connectivity index (χ0) is 20.0. The lowest BCUT2D eigenvalue weighted by Gasteiger charge is -2.14. The zero-order valence-corrected chi connectivity index (χ0v) is 17.4. The fourth-order valence-corrected chi connectivity index (χ4v) is 3.14. The highest BCUT2D eigenvalue weighted by Gasteiger charge is 2.59. The van der Waals surface area contributed by atoms with Gasteiger partial charge in [-0.2, -0.15) is 9.78 Å². The molecular formula is C21H38O6. The first-order chi connectivity index (χ1) is 13.1. The lowest BCUT2D eigenvalue weighted by molar-refractivity contribution is -0.267. The minimum absolute atomic E-state index is 0.220. The Kier molecular flexibility index (Phi) is 12.3. The van der Waals surface area contributed by atoms with Crippen molar-refractivity contribution in [2.45, 2.75) is 116 Å². The van der Waals surface area contributed by atoms with E-state index in [9.17, 15) is 9.59 Å². The van der Waals surface area contributed by atoms with Crippen LogP contribution in [0.2, 0.25) is 0 Å². The molecule has 0 saturated carbocycles. The maximum absolute atomic E-state index is 12.4. The first-order valence-electron chi connectivity index (χ1n) is 10.9. The Morgan fingerprint density at radius 3 is 1.81 bits per heavy atom. The fraction of sp³-hybridized carbons (Fsp3) is 0.905. The van der Waals surface area contributed by atoms with E-state index in [1.165, 1.54) is 6.42 Å². The molecule has 0 amide bonds. The van der Waals surface area contributed by atoms with Crippen molar-refractivity contribution in [3.63, 3.8) is 0 Å². The second kappa shape index (κ2) is 13.9. The first kappa shape index (κ1) is 23.9. The summed E-state index contributed by atoms with van der Waals surface area (Å²) in [6, 6.07) is 0. The largest absolute Gasteiger partial charge is 0.420 e. The predicted molar refractivity (Wildman–Crippen MR) is 102 cm³/mol. The van der Waals surface area contributed by atoms with Crippen LogP contribution in [0.1, 0.15) is 111 Å². The van der Waals surface area contributed by atoms with E-state index in [1.54, 1.807) is 0 Å². The first-order valence-corrected chi connectivity index (χ1v) is 10.9. The minimum atomic E-state index is -1.37. The molecule has 1 aliphatic heterocycles. The molecule has 0 aromatic rings. The van der Waals surface area contributed by atoms with Gasteiger partial charge in [0.1, 0.15) is 0 Å². The van der Waals surface area contributed by atoms with Crippen LogP contribution < -0.4 is 0 Å². The maximum atomic E-state index is 12.4. The topological polar surface area (TPSA) is 77.7 Å². The Balaban J connectivity index is 2.38. The molecule has 1 atom stereocenters. The Hall–Kier alpha value is -1.14. The summed E-state index contributed by atoms with van der Waals surface area (Å²) in [5.74, 6) is -2.82. The van der Waals surface area contributed by atoms with Crippen LogP contribution in [-0.4, -0.2) is 17.7 Å². The lowest BCUT2D eigenvalue weighted by atomic mass is 9.95. The number of hydrogen-bond donors (Lipinski definition) is 0. The quantitative estimate of drug-likeness (QED) is 0.145. The summed E-state index contributed by atoms with van der Waals surface area (Å²) in [5.41, 5.74) is 0. The van der Waals surface area contributed by atoms with E-state index in [0.29, 0.717) is 6.42 Å². The number of rotatable bonds is 16. The highest BCUT2D eigenvalue weighted by molar-refractivity contribution is 5.80. The average molecular weight is 387 g/mol. The van der Waals surface area contributed by atoms with Crippen LogP contribution in [0.5, 0.6) is 0 Å². The molecule has 0 aromatic carbocycles. The van der Waals surface area contributed by atoms with Gasteiger partial charge in [0.05, 0.1) is 5.92 Å². The molecule has 1 heterocycles. The Morgan fingerprint density at radius 2 is 1.26 bits per heavy atom. The molecule has 6 nitrogen and oxygen atoms in total. The molecule has 0 bridgehead atoms. The van der Waals surface area contributed by atoms with E-state index in [1.807, 2.05) is 0 Å². The fourth-order valence-electron chi connectivity index (χ4n) is 3.14. The third-order valence-corrected chi connectivity index (χ3v) is 5.05. The monoisotopic (exact) mass is 386 g/mol. The number of unbranched alkanes of at least 4 members (excludes halogenated alkanes) is 8. The molecule has 1 aliphatic rings. The molecule has 0 aliphatic carbocycles. The Morgan fingerprint density at radius 1 is 0.741 bits per heavy atom. The summed E-state index contributed by atoms with van der Waals surface area (Å²) in [6.45, 7) is 6.41. The Bertz CT molecular complexity index is 419. The van der Waals surface area contributed by atoms with Crippen molar-refractivity contribution < 1.29 is 29.1 Å². The van der Waals surface area contributed by atoms with Gasteiger partial charge in [0.25, 0.3) is 0 Å². The van der Waals surface area contributed by atoms with Crippen molar-refractivity contribution in [2.75, 3.05) is 0 Å². The number of hydrogen-bond acceptors (Lipinski definition) is 6. The third kappa shape index (κ3) is 9.56. The predicted octanol–water partition coefficient (Wildman–Crippen LogP) is 5.78. The zero-order valence-electron chi connectivity index (χ0n) is 17.4. The molecular weight excluding hydrogens is 348 g/mol. The van der Waals surface area contributed by atoms with Crippen molar-refractivity contribution in [1.29, 1.82) is 0 Å². The third-order valence-electron chi connectivity index (χ3n) is 5.05. The van der Waals surface area contributed by atoms with Gasteiger partial charge in [-0.05, 0) is 19.3 Å². The van der Waals surface area contributed by atoms with Gasteiger partial charge in [0.2, 0.25) is 0 Å². The highest BCUT2D eigenvalue weighted by atomic mass is 17.4. The molecule has 0 spiro atoms. The smallest absolute Gasteiger partial charge is 0.247 e. The van der Waals surface area contributed by atoms with Crippen molar-refractivity contribution >= 4 is 11.9 Å². The van der Waals surface area contributed by atoms with Gasteiger partial charge in [0, 0.05) is 6.42 Å². The molecule has 1 unspecified atom stereocenters. The van der Waals surface area contributed by atoms with Gasteiger partial charge in [-0.1, -0.05) is 85.0 Å². The van der Waals surface area contributed by atoms with Gasteiger partial charge in [-0.25, -0.2) is 19.4 Å². The average Bonchev–Trinajstić information content (AvgIpc) is 3.46. The van der Waals surface area contributed by atoms with Gasteiger partial charge < -0.3 is 0 Å². The van der Waals surface area contributed by atoms with Crippen LogP contribution in [0, 0.1) is 5.92 Å². The summed E-state index contributed by atoms with van der Waals surface area (Å²) < 4.78 is 0. The molecule has 6 heteroatoms. The highest BCUT2D eigenvalue weighted by Crippen LogP contribution is 2.36. The summed E-state index contributed by atoms with van der Waals surface area (Å²) in [4.78, 5) is 43.8. The van der Waals surface area contributed by atoms with Crippen LogP contribution in [-0.2, 0) is 29.1 Å². The summed E-state index contributed by atoms with van der Waals surface area (Å²) >= 11 is 0. The molecule has 1 saturated heterocycles. The van der Waals surface area contributed by atoms with Gasteiger partial charge in [-0.15, -0.1) is 0 Å². The second-order valence-electron chi connectivity index (χ2n) is 7.55. The molecule has 27 heavy (non-hydrogen) atoms. The van der Waals surface area contributed by atoms with Crippen LogP contribution >= 0.6 is 0 Å². The molecule has 0 radical (unpaired) electrons. The van der Waals surface area contributed by atoms with E-state index in [2.05, 4.69) is 20.8 Å². The van der Waals surface area contributed by atoms with Crippen molar-refractivity contribution in [3.8, 4) is 0 Å². The molecule has 0 N–H and O–H groups in total. The van der Waals surface area contributed by atoms with E-state index >= 15 is 0 Å². The Labute approximate surface area is 164 Å². The van der Waals surface area contributed by atoms with Crippen LogP contribution in [0.4, 0.5) is 0 Å². The molecule has 1 rings (SSSR count). The van der Waals surface area contributed by atoms with Gasteiger partial charge in [-0.3, -0.25) is 0 Å². The minimum Gasteiger partial charge on any atom is -0.247 e. The SMILES string of the molecule is CCCCCCC(CCCCC)C(=O)OOC(=O)C1(CCCCCC)OO1. The number of carbonyl (C=O) groups excluding carboxylic acids is 2. The summed E-state index contributed by atoms with van der Waals surface area (Å²) in [5, 5.41) is 0. The van der Waals surface area contributed by atoms with Crippen molar-refractivity contribution in [1.82, 2.24) is 0 Å². The van der Waals surface area contributed by atoms with Crippen molar-refractivity contribution in [2.24, 2.45) is 5.92 Å². The standard InChI is InChI=1S/C21H38O6/c1-4-7-10-13-16-18(15-12-9-6-3)19(22)24-25-20(23)21(26-27-21)17-14-11-8-5-2/h18H,4-17H2,1-3H3. The van der Waals surface area contributed by atoms with Crippen LogP contribution in [0.3, 0.4) is 0 Å². The van der Waals surface area contributed by atoms with Crippen molar-refractivity contribution in [3.05, 3.63) is 0 Å². The van der Waals surface area contributed by atoms with E-state index in [-0.39, 0.29) is 5.92 Å². The van der Waals surface area contributed by atoms with E-state index in [4.69, 9.17) is 19.6 Å². The lowest BCUT2D eigenvalue weighted by Crippen LogP contribution is -2.29.